The topological polar surface area (TPSA) is 46.5 Å². The molecule has 0 radical (unpaired) electrons. The lowest BCUT2D eigenvalue weighted by Crippen LogP contribution is -2.17. The SMILES string of the molecule is C=C(C)C.COC(C)C(=O)O. The first kappa shape index (κ1) is 12.8. The highest BCUT2D eigenvalue weighted by Crippen LogP contribution is 1.83. The molecule has 0 bridgehead atoms. The highest BCUT2D eigenvalue weighted by atomic mass is 16.5. The number of carboxylic acids is 1. The zero-order chi connectivity index (χ0) is 9.44. The molecule has 0 saturated carbocycles. The number of rotatable bonds is 2. The molecule has 0 spiro atoms. The number of aliphatic carboxylic acids is 1. The molecule has 1 N–H and O–H groups in total. The van der Waals surface area contributed by atoms with Crippen molar-refractivity contribution in [3.63, 3.8) is 0 Å². The van der Waals surface area contributed by atoms with E-state index in [-0.39, 0.29) is 0 Å². The van der Waals surface area contributed by atoms with Crippen LogP contribution in [0, 0.1) is 0 Å². The summed E-state index contributed by atoms with van der Waals surface area (Å²) in [5, 5.41) is 8.06. The van der Waals surface area contributed by atoms with Gasteiger partial charge in [0.25, 0.3) is 0 Å². The van der Waals surface area contributed by atoms with Crippen LogP contribution < -0.4 is 0 Å². The van der Waals surface area contributed by atoms with Crippen molar-refractivity contribution in [2.45, 2.75) is 26.9 Å². The fourth-order valence-electron chi connectivity index (χ4n) is 0.101. The molecule has 3 heteroatoms. The predicted octanol–water partition coefficient (Wildman–Crippen LogP) is 1.69. The van der Waals surface area contributed by atoms with Gasteiger partial charge in [0.15, 0.2) is 6.10 Å². The van der Waals surface area contributed by atoms with Gasteiger partial charge < -0.3 is 9.84 Å². The zero-order valence-corrected chi connectivity index (χ0v) is 7.55. The Hall–Kier alpha value is -0.830. The molecule has 0 rings (SSSR count). The Bertz CT molecular complexity index is 125. The van der Waals surface area contributed by atoms with Gasteiger partial charge in [0.1, 0.15) is 0 Å². The summed E-state index contributed by atoms with van der Waals surface area (Å²) >= 11 is 0. The van der Waals surface area contributed by atoms with Crippen LogP contribution in [0.2, 0.25) is 0 Å². The molecule has 11 heavy (non-hydrogen) atoms. The molecule has 3 nitrogen and oxygen atoms in total. The maximum Gasteiger partial charge on any atom is 0.332 e. The number of methoxy groups -OCH3 is 1. The standard InChI is InChI=1S/C4H8O3.C4H8/c1-3(7-2)4(5)6;1-4(2)3/h3H,1-2H3,(H,5,6);1H2,2-3H3. The van der Waals surface area contributed by atoms with Crippen molar-refractivity contribution < 1.29 is 14.6 Å². The van der Waals surface area contributed by atoms with E-state index in [1.54, 1.807) is 0 Å². The Balaban J connectivity index is 0. The van der Waals surface area contributed by atoms with Crippen LogP contribution in [0.25, 0.3) is 0 Å². The van der Waals surface area contributed by atoms with Crippen molar-refractivity contribution in [1.82, 2.24) is 0 Å². The molecule has 1 atom stereocenters. The van der Waals surface area contributed by atoms with Gasteiger partial charge in [-0.3, -0.25) is 0 Å². The van der Waals surface area contributed by atoms with Crippen LogP contribution in [0.15, 0.2) is 12.2 Å². The lowest BCUT2D eigenvalue weighted by atomic mass is 10.4. The van der Waals surface area contributed by atoms with Crippen molar-refractivity contribution >= 4 is 5.97 Å². The van der Waals surface area contributed by atoms with Gasteiger partial charge >= 0.3 is 5.97 Å². The second kappa shape index (κ2) is 7.28. The molecule has 1 unspecified atom stereocenters. The monoisotopic (exact) mass is 160 g/mol. The molecule has 66 valence electrons. The molecule has 0 aromatic rings. The van der Waals surface area contributed by atoms with Crippen LogP contribution >= 0.6 is 0 Å². The average molecular weight is 160 g/mol. The highest BCUT2D eigenvalue weighted by molar-refractivity contribution is 5.71. The van der Waals surface area contributed by atoms with E-state index in [0.29, 0.717) is 0 Å². The summed E-state index contributed by atoms with van der Waals surface area (Å²) in [6, 6.07) is 0. The molecular weight excluding hydrogens is 144 g/mol. The summed E-state index contributed by atoms with van der Waals surface area (Å²) in [6.45, 7) is 8.97. The third-order valence-corrected chi connectivity index (χ3v) is 0.701. The van der Waals surface area contributed by atoms with Gasteiger partial charge in [0.2, 0.25) is 0 Å². The first-order valence-corrected chi connectivity index (χ1v) is 3.29. The Kier molecular flexibility index (Phi) is 8.48. The number of hydrogen-bond donors (Lipinski definition) is 1. The van der Waals surface area contributed by atoms with E-state index in [9.17, 15) is 4.79 Å². The smallest absolute Gasteiger partial charge is 0.332 e. The number of hydrogen-bond acceptors (Lipinski definition) is 2. The summed E-state index contributed by atoms with van der Waals surface area (Å²) < 4.78 is 4.41. The minimum absolute atomic E-state index is 0.681. The molecule has 0 saturated heterocycles. The second-order valence-electron chi connectivity index (χ2n) is 2.42. The average Bonchev–Trinajstić information content (AvgIpc) is 1.85. The molecule has 0 heterocycles. The molecule has 0 aromatic heterocycles. The van der Waals surface area contributed by atoms with Gasteiger partial charge in [-0.05, 0) is 20.8 Å². The van der Waals surface area contributed by atoms with Crippen molar-refractivity contribution in [2.24, 2.45) is 0 Å². The fourth-order valence-corrected chi connectivity index (χ4v) is 0.101. The number of allylic oxidation sites excluding steroid dienone is 1. The Morgan fingerprint density at radius 1 is 1.55 bits per heavy atom. The van der Waals surface area contributed by atoms with E-state index >= 15 is 0 Å². The van der Waals surface area contributed by atoms with Crippen LogP contribution in [-0.4, -0.2) is 24.3 Å². The molecular formula is C8H16O3. The van der Waals surface area contributed by atoms with Crippen molar-refractivity contribution in [3.05, 3.63) is 12.2 Å². The summed E-state index contributed by atoms with van der Waals surface area (Å²) in [6.07, 6.45) is -0.681. The van der Waals surface area contributed by atoms with E-state index < -0.39 is 12.1 Å². The molecule has 0 aliphatic rings. The Morgan fingerprint density at radius 2 is 1.82 bits per heavy atom. The van der Waals surface area contributed by atoms with Gasteiger partial charge in [-0.15, -0.1) is 6.58 Å². The van der Waals surface area contributed by atoms with Crippen LogP contribution in [0.4, 0.5) is 0 Å². The molecule has 0 amide bonds. The molecule has 0 aliphatic heterocycles. The normalized spacial score (nSPS) is 10.9. The third-order valence-electron chi connectivity index (χ3n) is 0.701. The van der Waals surface area contributed by atoms with Crippen molar-refractivity contribution in [2.75, 3.05) is 7.11 Å². The second-order valence-corrected chi connectivity index (χ2v) is 2.42. The van der Waals surface area contributed by atoms with Crippen LogP contribution in [-0.2, 0) is 9.53 Å². The highest BCUT2D eigenvalue weighted by Gasteiger charge is 2.06. The Labute approximate surface area is 67.7 Å². The summed E-state index contributed by atoms with van der Waals surface area (Å²) in [4.78, 5) is 9.81. The molecule has 0 aromatic carbocycles. The predicted molar refractivity (Wildman–Crippen MR) is 44.6 cm³/mol. The lowest BCUT2D eigenvalue weighted by Gasteiger charge is -1.98. The zero-order valence-electron chi connectivity index (χ0n) is 7.55. The van der Waals surface area contributed by atoms with Gasteiger partial charge in [-0.2, -0.15) is 0 Å². The quantitative estimate of drug-likeness (QED) is 0.625. The lowest BCUT2D eigenvalue weighted by molar-refractivity contribution is -0.147. The summed E-state index contributed by atoms with van der Waals surface area (Å²) in [5.74, 6) is -0.928. The maximum atomic E-state index is 9.81. The van der Waals surface area contributed by atoms with Gasteiger partial charge in [-0.1, -0.05) is 5.57 Å². The number of ether oxygens (including phenoxy) is 1. The summed E-state index contributed by atoms with van der Waals surface area (Å²) in [7, 11) is 1.36. The molecule has 0 aliphatic carbocycles. The van der Waals surface area contributed by atoms with Gasteiger partial charge in [0.05, 0.1) is 0 Å². The molecule has 0 fully saturated rings. The van der Waals surface area contributed by atoms with Crippen molar-refractivity contribution in [3.8, 4) is 0 Å². The van der Waals surface area contributed by atoms with E-state index in [2.05, 4.69) is 11.3 Å². The van der Waals surface area contributed by atoms with Crippen LogP contribution in [0.5, 0.6) is 0 Å². The van der Waals surface area contributed by atoms with E-state index in [4.69, 9.17) is 5.11 Å². The van der Waals surface area contributed by atoms with Gasteiger partial charge in [0, 0.05) is 7.11 Å². The first-order valence-electron chi connectivity index (χ1n) is 3.29. The van der Waals surface area contributed by atoms with E-state index in [1.165, 1.54) is 19.6 Å². The maximum absolute atomic E-state index is 9.81. The van der Waals surface area contributed by atoms with Crippen molar-refractivity contribution in [1.29, 1.82) is 0 Å². The van der Waals surface area contributed by atoms with Crippen LogP contribution in [0.3, 0.4) is 0 Å². The largest absolute Gasteiger partial charge is 0.479 e. The van der Waals surface area contributed by atoms with E-state index in [1.807, 2.05) is 13.8 Å². The minimum Gasteiger partial charge on any atom is -0.479 e. The first-order chi connectivity index (χ1) is 4.91. The summed E-state index contributed by atoms with van der Waals surface area (Å²) in [5.41, 5.74) is 1.17. The fraction of sp³-hybridized carbons (Fsp3) is 0.625. The van der Waals surface area contributed by atoms with Gasteiger partial charge in [-0.25, -0.2) is 4.79 Å². The van der Waals surface area contributed by atoms with E-state index in [0.717, 1.165) is 0 Å². The number of carboxylic acid groups (broad SMARTS) is 1. The Morgan fingerprint density at radius 3 is 1.82 bits per heavy atom. The number of carbonyl (C=O) groups is 1. The minimum atomic E-state index is -0.928. The third kappa shape index (κ3) is 17.6. The van der Waals surface area contributed by atoms with Crippen LogP contribution in [0.1, 0.15) is 20.8 Å².